The molecule has 0 atom stereocenters. The quantitative estimate of drug-likeness (QED) is 0.501. The lowest BCUT2D eigenvalue weighted by Gasteiger charge is -2.02. The Bertz CT molecular complexity index is 159. The molecule has 0 unspecified atom stereocenters. The Morgan fingerprint density at radius 1 is 1.75 bits per heavy atom. The van der Waals surface area contributed by atoms with Crippen molar-refractivity contribution in [2.45, 2.75) is 13.3 Å². The molecule has 8 heavy (non-hydrogen) atoms. The molecule has 1 heterocycles. The fraction of sp³-hybridized carbons (Fsp3) is 0.286. The molecule has 1 nitrogen and oxygen atoms in total. The average Bonchev–Trinajstić information content (AvgIpc) is 1.90. The highest BCUT2D eigenvalue weighted by Crippen LogP contribution is 1.97. The van der Waals surface area contributed by atoms with Gasteiger partial charge in [0.1, 0.15) is 0 Å². The molecule has 0 spiro atoms. The summed E-state index contributed by atoms with van der Waals surface area (Å²) in [5, 5.41) is 3.06. The summed E-state index contributed by atoms with van der Waals surface area (Å²) in [6, 6.07) is 0. The monoisotopic (exact) mass is 107 g/mol. The van der Waals surface area contributed by atoms with E-state index in [4.69, 9.17) is 0 Å². The molecule has 1 N–H and O–H groups in total. The zero-order valence-corrected chi connectivity index (χ0v) is 4.94. The lowest BCUT2D eigenvalue weighted by Crippen LogP contribution is -2.03. The number of nitrogens with one attached hydrogen (secondary N) is 1. The maximum absolute atomic E-state index is 3.06. The molecular weight excluding hydrogens is 98.1 g/mol. The highest BCUT2D eigenvalue weighted by Gasteiger charge is 1.87. The van der Waals surface area contributed by atoms with E-state index in [0.29, 0.717) is 0 Å². The molecule has 0 bridgehead atoms. The SMILES string of the molecule is CCC1=CC=C=CN1. The summed E-state index contributed by atoms with van der Waals surface area (Å²) in [6.45, 7) is 2.12. The molecule has 0 aromatic carbocycles. The molecule has 1 aliphatic heterocycles. The fourth-order valence-electron chi connectivity index (χ4n) is 0.599. The van der Waals surface area contributed by atoms with E-state index in [1.54, 1.807) is 0 Å². The molecule has 0 fully saturated rings. The molecule has 42 valence electrons. The molecule has 1 rings (SSSR count). The smallest absolute Gasteiger partial charge is 0.0439 e. The van der Waals surface area contributed by atoms with Gasteiger partial charge in [-0.15, -0.1) is 5.73 Å². The van der Waals surface area contributed by atoms with Gasteiger partial charge in [0.05, 0.1) is 0 Å². The Labute approximate surface area is 49.4 Å². The maximum Gasteiger partial charge on any atom is 0.0439 e. The summed E-state index contributed by atoms with van der Waals surface area (Å²) in [7, 11) is 0. The Balaban J connectivity index is 2.63. The summed E-state index contributed by atoms with van der Waals surface area (Å²) >= 11 is 0. The van der Waals surface area contributed by atoms with Gasteiger partial charge in [-0.3, -0.25) is 0 Å². The van der Waals surface area contributed by atoms with Crippen LogP contribution in [0.5, 0.6) is 0 Å². The fourth-order valence-corrected chi connectivity index (χ4v) is 0.599. The summed E-state index contributed by atoms with van der Waals surface area (Å²) in [6.07, 6.45) is 6.82. The molecule has 0 radical (unpaired) electrons. The van der Waals surface area contributed by atoms with Crippen molar-refractivity contribution in [2.24, 2.45) is 0 Å². The minimum absolute atomic E-state index is 1.06. The topological polar surface area (TPSA) is 12.0 Å². The highest BCUT2D eigenvalue weighted by molar-refractivity contribution is 5.16. The average molecular weight is 107 g/mol. The van der Waals surface area contributed by atoms with Crippen molar-refractivity contribution in [1.29, 1.82) is 0 Å². The van der Waals surface area contributed by atoms with Crippen LogP contribution in [0.2, 0.25) is 0 Å². The Kier molecular flexibility index (Phi) is 1.55. The van der Waals surface area contributed by atoms with Crippen LogP contribution in [0.3, 0.4) is 0 Å². The van der Waals surface area contributed by atoms with Crippen molar-refractivity contribution in [1.82, 2.24) is 5.32 Å². The molecule has 0 aromatic rings. The summed E-state index contributed by atoms with van der Waals surface area (Å²) < 4.78 is 0. The van der Waals surface area contributed by atoms with Crippen molar-refractivity contribution in [3.63, 3.8) is 0 Å². The molecule has 0 saturated carbocycles. The molecule has 0 saturated heterocycles. The summed E-state index contributed by atoms with van der Waals surface area (Å²) in [5.74, 6) is 0. The van der Waals surface area contributed by atoms with Gasteiger partial charge in [0.25, 0.3) is 0 Å². The molecule has 0 amide bonds. The minimum Gasteiger partial charge on any atom is -0.359 e. The molecule has 1 aliphatic rings. The van der Waals surface area contributed by atoms with Crippen LogP contribution >= 0.6 is 0 Å². The van der Waals surface area contributed by atoms with Crippen LogP contribution in [0.25, 0.3) is 0 Å². The third kappa shape index (κ3) is 1.02. The van der Waals surface area contributed by atoms with Crippen LogP contribution in [-0.4, -0.2) is 0 Å². The van der Waals surface area contributed by atoms with E-state index in [9.17, 15) is 0 Å². The van der Waals surface area contributed by atoms with Crippen LogP contribution < -0.4 is 5.32 Å². The number of allylic oxidation sites excluding steroid dienone is 3. The van der Waals surface area contributed by atoms with Crippen molar-refractivity contribution < 1.29 is 0 Å². The van der Waals surface area contributed by atoms with Gasteiger partial charge in [-0.05, 0) is 18.6 Å². The maximum atomic E-state index is 3.06. The van der Waals surface area contributed by atoms with E-state index in [2.05, 4.69) is 18.0 Å². The van der Waals surface area contributed by atoms with Crippen molar-refractivity contribution >= 4 is 0 Å². The van der Waals surface area contributed by atoms with Gasteiger partial charge >= 0.3 is 0 Å². The second kappa shape index (κ2) is 2.39. The lowest BCUT2D eigenvalue weighted by molar-refractivity contribution is 0.939. The highest BCUT2D eigenvalue weighted by atomic mass is 14.8. The lowest BCUT2D eigenvalue weighted by atomic mass is 10.3. The first-order valence-electron chi connectivity index (χ1n) is 2.80. The number of rotatable bonds is 1. The minimum atomic E-state index is 1.06. The van der Waals surface area contributed by atoms with Crippen molar-refractivity contribution in [3.05, 3.63) is 29.8 Å². The summed E-state index contributed by atoms with van der Waals surface area (Å²) in [4.78, 5) is 0. The zero-order chi connectivity index (χ0) is 5.82. The molecule has 0 aromatic heterocycles. The van der Waals surface area contributed by atoms with Crippen molar-refractivity contribution in [3.8, 4) is 0 Å². The van der Waals surface area contributed by atoms with Gasteiger partial charge in [-0.25, -0.2) is 0 Å². The first-order valence-corrected chi connectivity index (χ1v) is 2.80. The molecule has 1 heteroatoms. The second-order valence-corrected chi connectivity index (χ2v) is 1.67. The number of hydrogen-bond acceptors (Lipinski definition) is 1. The van der Waals surface area contributed by atoms with Gasteiger partial charge < -0.3 is 5.32 Å². The van der Waals surface area contributed by atoms with Crippen LogP contribution in [0.1, 0.15) is 13.3 Å². The standard InChI is InChI=1S/C7H9N/c1-2-7-5-3-4-6-8-7/h3,5-6,8H,2H2,1H3. The Morgan fingerprint density at radius 3 is 3.00 bits per heavy atom. The van der Waals surface area contributed by atoms with E-state index in [-0.39, 0.29) is 0 Å². The third-order valence-corrected chi connectivity index (χ3v) is 1.10. The van der Waals surface area contributed by atoms with Gasteiger partial charge in [-0.2, -0.15) is 0 Å². The largest absolute Gasteiger partial charge is 0.359 e. The van der Waals surface area contributed by atoms with Gasteiger partial charge in [0.15, 0.2) is 0 Å². The predicted molar refractivity (Wildman–Crippen MR) is 34.2 cm³/mol. The van der Waals surface area contributed by atoms with Crippen LogP contribution in [0, 0.1) is 0 Å². The first-order chi connectivity index (χ1) is 3.93. The Morgan fingerprint density at radius 2 is 2.62 bits per heavy atom. The van der Waals surface area contributed by atoms with Gasteiger partial charge in [0.2, 0.25) is 0 Å². The molecular formula is C7H9N. The second-order valence-electron chi connectivity index (χ2n) is 1.67. The van der Waals surface area contributed by atoms with Crippen molar-refractivity contribution in [2.75, 3.05) is 0 Å². The predicted octanol–water partition coefficient (Wildman–Crippen LogP) is 1.55. The van der Waals surface area contributed by atoms with E-state index in [1.165, 1.54) is 5.70 Å². The van der Waals surface area contributed by atoms with Gasteiger partial charge in [-0.1, -0.05) is 6.92 Å². The van der Waals surface area contributed by atoms with E-state index in [1.807, 2.05) is 18.4 Å². The van der Waals surface area contributed by atoms with Crippen LogP contribution in [0.4, 0.5) is 0 Å². The van der Waals surface area contributed by atoms with Crippen LogP contribution in [0.15, 0.2) is 29.8 Å². The molecule has 0 aliphatic carbocycles. The van der Waals surface area contributed by atoms with Gasteiger partial charge in [0, 0.05) is 11.9 Å². The normalized spacial score (nSPS) is 15.4. The number of hydrogen-bond donors (Lipinski definition) is 1. The zero-order valence-electron chi connectivity index (χ0n) is 4.94. The van der Waals surface area contributed by atoms with E-state index >= 15 is 0 Å². The third-order valence-electron chi connectivity index (χ3n) is 1.10. The van der Waals surface area contributed by atoms with E-state index in [0.717, 1.165) is 6.42 Å². The summed E-state index contributed by atoms with van der Waals surface area (Å²) in [5.41, 5.74) is 4.16. The first kappa shape index (κ1) is 5.20. The Hall–Kier alpha value is -0.940. The van der Waals surface area contributed by atoms with E-state index < -0.39 is 0 Å². The van der Waals surface area contributed by atoms with Crippen LogP contribution in [-0.2, 0) is 0 Å².